The maximum atomic E-state index is 13.2. The van der Waals surface area contributed by atoms with Crippen molar-refractivity contribution < 1.29 is 9.18 Å². The van der Waals surface area contributed by atoms with Crippen LogP contribution in [0.3, 0.4) is 0 Å². The van der Waals surface area contributed by atoms with E-state index in [1.165, 1.54) is 12.1 Å². The largest absolute Gasteiger partial charge is 0.327 e. The van der Waals surface area contributed by atoms with Crippen molar-refractivity contribution >= 4 is 11.6 Å². The summed E-state index contributed by atoms with van der Waals surface area (Å²) in [6.07, 6.45) is 2.62. The maximum absolute atomic E-state index is 13.2. The van der Waals surface area contributed by atoms with Crippen molar-refractivity contribution in [3.63, 3.8) is 0 Å². The molecular weight excluding hydrogens is 231 g/mol. The molecule has 0 aromatic heterocycles. The Bertz CT molecular complexity index is 475. The predicted molar refractivity (Wildman–Crippen MR) is 69.7 cm³/mol. The van der Waals surface area contributed by atoms with Gasteiger partial charge in [0.2, 0.25) is 5.91 Å². The molecule has 1 aliphatic carbocycles. The van der Waals surface area contributed by atoms with Crippen molar-refractivity contribution in [2.75, 3.05) is 5.32 Å². The average molecular weight is 250 g/mol. The third-order valence-electron chi connectivity index (χ3n) is 4.00. The van der Waals surface area contributed by atoms with Crippen molar-refractivity contribution in [3.8, 4) is 0 Å². The van der Waals surface area contributed by atoms with Crippen LogP contribution in [0.4, 0.5) is 10.1 Å². The fourth-order valence-electron chi connectivity index (χ4n) is 2.47. The molecule has 1 amide bonds. The molecule has 1 aliphatic rings. The highest BCUT2D eigenvalue weighted by Crippen LogP contribution is 2.37. The number of hydrogen-bond acceptors (Lipinski definition) is 2. The van der Waals surface area contributed by atoms with Gasteiger partial charge in [0, 0.05) is 11.7 Å². The summed E-state index contributed by atoms with van der Waals surface area (Å²) in [5, 5.41) is 2.80. The minimum atomic E-state index is -0.543. The van der Waals surface area contributed by atoms with E-state index in [0.717, 1.165) is 24.8 Å². The summed E-state index contributed by atoms with van der Waals surface area (Å²) in [5.41, 5.74) is 6.83. The summed E-state index contributed by atoms with van der Waals surface area (Å²) in [5.74, 6) is -0.460. The first kappa shape index (κ1) is 13.0. The zero-order valence-electron chi connectivity index (χ0n) is 10.8. The Morgan fingerprint density at radius 3 is 2.89 bits per heavy atom. The fraction of sp³-hybridized carbons (Fsp3) is 0.500. The minimum absolute atomic E-state index is 0.110. The van der Waals surface area contributed by atoms with Gasteiger partial charge >= 0.3 is 0 Å². The van der Waals surface area contributed by atoms with Crippen LogP contribution < -0.4 is 11.1 Å². The Balaban J connectivity index is 2.19. The molecule has 3 nitrogen and oxygen atoms in total. The minimum Gasteiger partial charge on any atom is -0.327 e. The van der Waals surface area contributed by atoms with Crippen molar-refractivity contribution in [1.82, 2.24) is 0 Å². The molecule has 4 heteroatoms. The number of carbonyl (C=O) groups is 1. The summed E-state index contributed by atoms with van der Waals surface area (Å²) in [4.78, 5) is 12.3. The number of amides is 1. The summed E-state index contributed by atoms with van der Waals surface area (Å²) in [6, 6.07) is 4.26. The lowest BCUT2D eigenvalue weighted by atomic mass is 9.84. The summed E-state index contributed by atoms with van der Waals surface area (Å²) >= 11 is 0. The number of hydrogen-bond donors (Lipinski definition) is 2. The molecule has 2 unspecified atom stereocenters. The number of nitrogens with two attached hydrogens (primary N) is 1. The van der Waals surface area contributed by atoms with E-state index >= 15 is 0 Å². The van der Waals surface area contributed by atoms with E-state index in [9.17, 15) is 9.18 Å². The normalized spacial score (nSPS) is 27.2. The van der Waals surface area contributed by atoms with Crippen LogP contribution in [0.5, 0.6) is 0 Å². The van der Waals surface area contributed by atoms with Crippen molar-refractivity contribution in [2.45, 2.75) is 39.2 Å². The van der Waals surface area contributed by atoms with Gasteiger partial charge in [0.05, 0.1) is 5.41 Å². The molecule has 1 aromatic carbocycles. The molecule has 1 fully saturated rings. The number of rotatable bonds is 2. The third kappa shape index (κ3) is 2.25. The highest BCUT2D eigenvalue weighted by molar-refractivity contribution is 5.96. The lowest BCUT2D eigenvalue weighted by Crippen LogP contribution is -2.44. The maximum Gasteiger partial charge on any atom is 0.231 e. The quantitative estimate of drug-likeness (QED) is 0.847. The van der Waals surface area contributed by atoms with Crippen LogP contribution in [0.15, 0.2) is 18.2 Å². The Kier molecular flexibility index (Phi) is 3.39. The molecular formula is C14H19FN2O. The van der Waals surface area contributed by atoms with Gasteiger partial charge in [-0.1, -0.05) is 12.5 Å². The van der Waals surface area contributed by atoms with Crippen LogP contribution in [0, 0.1) is 18.2 Å². The van der Waals surface area contributed by atoms with Crippen molar-refractivity contribution in [2.24, 2.45) is 11.1 Å². The van der Waals surface area contributed by atoms with Gasteiger partial charge < -0.3 is 11.1 Å². The molecule has 18 heavy (non-hydrogen) atoms. The highest BCUT2D eigenvalue weighted by Gasteiger charge is 2.43. The number of benzene rings is 1. The second kappa shape index (κ2) is 4.69. The Morgan fingerprint density at radius 2 is 2.28 bits per heavy atom. The van der Waals surface area contributed by atoms with E-state index in [1.54, 1.807) is 6.07 Å². The van der Waals surface area contributed by atoms with Crippen molar-refractivity contribution in [3.05, 3.63) is 29.6 Å². The first-order chi connectivity index (χ1) is 8.43. The topological polar surface area (TPSA) is 55.1 Å². The lowest BCUT2D eigenvalue weighted by Gasteiger charge is -2.27. The molecule has 2 rings (SSSR count). The number of aryl methyl sites for hydroxylation is 1. The zero-order chi connectivity index (χ0) is 13.3. The monoisotopic (exact) mass is 250 g/mol. The lowest BCUT2D eigenvalue weighted by molar-refractivity contribution is -0.125. The third-order valence-corrected chi connectivity index (χ3v) is 4.00. The van der Waals surface area contributed by atoms with E-state index < -0.39 is 5.41 Å². The molecule has 2 atom stereocenters. The zero-order valence-corrected chi connectivity index (χ0v) is 10.8. The molecule has 1 aromatic rings. The molecule has 0 spiro atoms. The SMILES string of the molecule is Cc1ccc(F)cc1NC(=O)C1(C)CCCC1N. The Morgan fingerprint density at radius 1 is 1.56 bits per heavy atom. The second-order valence-electron chi connectivity index (χ2n) is 5.33. The van der Waals surface area contributed by atoms with Crippen molar-refractivity contribution in [1.29, 1.82) is 0 Å². The van der Waals surface area contributed by atoms with Gasteiger partial charge in [0.1, 0.15) is 5.82 Å². The van der Waals surface area contributed by atoms with Gasteiger partial charge in [-0.15, -0.1) is 0 Å². The molecule has 3 N–H and O–H groups in total. The fourth-order valence-corrected chi connectivity index (χ4v) is 2.47. The van der Waals surface area contributed by atoms with E-state index in [4.69, 9.17) is 5.73 Å². The Hall–Kier alpha value is -1.42. The molecule has 0 radical (unpaired) electrons. The molecule has 0 bridgehead atoms. The molecule has 1 saturated carbocycles. The van der Waals surface area contributed by atoms with E-state index in [0.29, 0.717) is 5.69 Å². The van der Waals surface area contributed by atoms with Gasteiger partial charge in [0.15, 0.2) is 0 Å². The summed E-state index contributed by atoms with van der Waals surface area (Å²) < 4.78 is 13.2. The molecule has 98 valence electrons. The molecule has 0 heterocycles. The van der Waals surface area contributed by atoms with Crippen LogP contribution >= 0.6 is 0 Å². The standard InChI is InChI=1S/C14H19FN2O/c1-9-5-6-10(15)8-11(9)17-13(18)14(2)7-3-4-12(14)16/h5-6,8,12H,3-4,7,16H2,1-2H3,(H,17,18). The molecule has 0 aliphatic heterocycles. The van der Waals surface area contributed by atoms with E-state index in [1.807, 2.05) is 13.8 Å². The smallest absolute Gasteiger partial charge is 0.231 e. The average Bonchev–Trinajstić information content (AvgIpc) is 2.66. The summed E-state index contributed by atoms with van der Waals surface area (Å²) in [7, 11) is 0. The van der Waals surface area contributed by atoms with Crippen LogP contribution in [-0.4, -0.2) is 11.9 Å². The second-order valence-corrected chi connectivity index (χ2v) is 5.33. The van der Waals surface area contributed by atoms with E-state index in [2.05, 4.69) is 5.32 Å². The van der Waals surface area contributed by atoms with Gasteiger partial charge in [0.25, 0.3) is 0 Å². The van der Waals surface area contributed by atoms with Gasteiger partial charge in [-0.25, -0.2) is 4.39 Å². The number of anilines is 1. The van der Waals surface area contributed by atoms with Crippen LogP contribution in [0.2, 0.25) is 0 Å². The Labute approximate surface area is 107 Å². The predicted octanol–water partition coefficient (Wildman–Crippen LogP) is 2.59. The number of halogens is 1. The van der Waals surface area contributed by atoms with Crippen LogP contribution in [0.25, 0.3) is 0 Å². The first-order valence-electron chi connectivity index (χ1n) is 6.26. The number of carbonyl (C=O) groups excluding carboxylic acids is 1. The van der Waals surface area contributed by atoms with Crippen LogP contribution in [0.1, 0.15) is 31.7 Å². The first-order valence-corrected chi connectivity index (χ1v) is 6.26. The van der Waals surface area contributed by atoms with Crippen LogP contribution in [-0.2, 0) is 4.79 Å². The van der Waals surface area contributed by atoms with Gasteiger partial charge in [-0.3, -0.25) is 4.79 Å². The van der Waals surface area contributed by atoms with E-state index in [-0.39, 0.29) is 17.8 Å². The van der Waals surface area contributed by atoms with Gasteiger partial charge in [-0.2, -0.15) is 0 Å². The van der Waals surface area contributed by atoms with Gasteiger partial charge in [-0.05, 0) is 44.4 Å². The highest BCUT2D eigenvalue weighted by atomic mass is 19.1. The summed E-state index contributed by atoms with van der Waals surface area (Å²) in [6.45, 7) is 3.72. The number of nitrogens with one attached hydrogen (secondary N) is 1. The molecule has 0 saturated heterocycles.